The van der Waals surface area contributed by atoms with Crippen molar-refractivity contribution in [2.75, 3.05) is 14.2 Å². The quantitative estimate of drug-likeness (QED) is 0.257. The monoisotopic (exact) mass is 446 g/mol. The van der Waals surface area contributed by atoms with Crippen molar-refractivity contribution in [3.63, 3.8) is 0 Å². The van der Waals surface area contributed by atoms with Crippen LogP contribution < -0.4 is 14.2 Å². The zero-order chi connectivity index (χ0) is 23.8. The highest BCUT2D eigenvalue weighted by Crippen LogP contribution is 2.43. The third-order valence-corrected chi connectivity index (χ3v) is 5.09. The lowest BCUT2D eigenvalue weighted by Gasteiger charge is -2.18. The van der Waals surface area contributed by atoms with Gasteiger partial charge in [-0.25, -0.2) is 9.59 Å². The van der Waals surface area contributed by atoms with Crippen LogP contribution in [0, 0.1) is 0 Å². The summed E-state index contributed by atoms with van der Waals surface area (Å²) in [5, 5.41) is 30.7. The van der Waals surface area contributed by atoms with Crippen LogP contribution in [0.3, 0.4) is 0 Å². The van der Waals surface area contributed by atoms with Crippen LogP contribution in [0.2, 0.25) is 0 Å². The molecule has 2 aromatic carbocycles. The Morgan fingerprint density at radius 2 is 1.50 bits per heavy atom. The molecule has 0 saturated heterocycles. The van der Waals surface area contributed by atoms with E-state index in [1.54, 1.807) is 6.07 Å². The topological polar surface area (TPSA) is 123 Å². The summed E-state index contributed by atoms with van der Waals surface area (Å²) in [6, 6.07) is 4.19. The number of carboxylic acids is 1. The summed E-state index contributed by atoms with van der Waals surface area (Å²) < 4.78 is 15.8. The van der Waals surface area contributed by atoms with E-state index in [9.17, 15) is 24.9 Å². The molecule has 0 unspecified atom stereocenters. The van der Waals surface area contributed by atoms with Crippen molar-refractivity contribution in [3.05, 3.63) is 40.5 Å². The predicted molar refractivity (Wildman–Crippen MR) is 118 cm³/mol. The van der Waals surface area contributed by atoms with E-state index in [-0.39, 0.29) is 22.6 Å². The van der Waals surface area contributed by atoms with E-state index in [1.165, 1.54) is 26.4 Å². The van der Waals surface area contributed by atoms with Gasteiger partial charge in [-0.15, -0.1) is 0 Å². The van der Waals surface area contributed by atoms with Crippen LogP contribution in [-0.2, 0) is 12.8 Å². The molecule has 32 heavy (non-hydrogen) atoms. The average molecular weight is 446 g/mol. The Morgan fingerprint density at radius 1 is 0.812 bits per heavy atom. The molecule has 3 N–H and O–H groups in total. The number of esters is 1. The highest BCUT2D eigenvalue weighted by molar-refractivity contribution is 5.98. The number of unbranched alkanes of at least 4 members (excludes halogenated alkanes) is 2. The summed E-state index contributed by atoms with van der Waals surface area (Å²) in [4.78, 5) is 25.0. The molecule has 174 valence electrons. The lowest BCUT2D eigenvalue weighted by atomic mass is 9.99. The summed E-state index contributed by atoms with van der Waals surface area (Å²) in [7, 11) is 2.68. The van der Waals surface area contributed by atoms with Crippen molar-refractivity contribution < 1.29 is 39.1 Å². The minimum absolute atomic E-state index is 0.0852. The van der Waals surface area contributed by atoms with Crippen molar-refractivity contribution in [1.82, 2.24) is 0 Å². The number of carboxylic acid groups (broad SMARTS) is 1. The lowest BCUT2D eigenvalue weighted by molar-refractivity contribution is 0.0676. The number of aryl methyl sites for hydroxylation is 2. The molecule has 0 aliphatic heterocycles. The second-order valence-corrected chi connectivity index (χ2v) is 7.37. The maximum Gasteiger partial charge on any atom is 0.347 e. The lowest BCUT2D eigenvalue weighted by Crippen LogP contribution is -2.15. The number of ether oxygens (including phenoxy) is 3. The number of phenolic OH excluding ortho intramolecular Hbond substituents is 2. The van der Waals surface area contributed by atoms with Gasteiger partial charge in [0.1, 0.15) is 22.6 Å². The fourth-order valence-electron chi connectivity index (χ4n) is 3.59. The minimum Gasteiger partial charge on any atom is -0.507 e. The van der Waals surface area contributed by atoms with Gasteiger partial charge >= 0.3 is 11.9 Å². The van der Waals surface area contributed by atoms with Crippen LogP contribution >= 0.6 is 0 Å². The van der Waals surface area contributed by atoms with Gasteiger partial charge in [0.2, 0.25) is 5.75 Å². The number of hydrogen-bond acceptors (Lipinski definition) is 7. The van der Waals surface area contributed by atoms with Gasteiger partial charge in [-0.3, -0.25) is 0 Å². The molecular formula is C24H30O8. The standard InChI is InChI=1S/C24H30O8/c1-5-7-8-10-15-12-18(26)21(22(31-4)20(15)23(27)28)32-24(29)19-14(9-6-2)11-16(30-3)13-17(19)25/h11-13,25-26H,5-10H2,1-4H3,(H,27,28). The summed E-state index contributed by atoms with van der Waals surface area (Å²) in [5.41, 5.74) is 0.636. The van der Waals surface area contributed by atoms with Gasteiger partial charge in [-0.2, -0.15) is 0 Å². The van der Waals surface area contributed by atoms with E-state index in [4.69, 9.17) is 14.2 Å². The first-order chi connectivity index (χ1) is 15.3. The number of carbonyl (C=O) groups excluding carboxylic acids is 1. The van der Waals surface area contributed by atoms with Gasteiger partial charge in [-0.1, -0.05) is 33.1 Å². The third-order valence-electron chi connectivity index (χ3n) is 5.09. The number of aromatic carboxylic acids is 1. The molecule has 2 rings (SSSR count). The number of benzene rings is 2. The van der Waals surface area contributed by atoms with Gasteiger partial charge in [0.15, 0.2) is 11.5 Å². The van der Waals surface area contributed by atoms with Gasteiger partial charge < -0.3 is 29.5 Å². The molecule has 0 heterocycles. The number of aromatic hydroxyl groups is 2. The first-order valence-corrected chi connectivity index (χ1v) is 10.6. The third kappa shape index (κ3) is 5.43. The highest BCUT2D eigenvalue weighted by Gasteiger charge is 2.28. The molecule has 0 aliphatic carbocycles. The van der Waals surface area contributed by atoms with Crippen LogP contribution in [-0.4, -0.2) is 41.5 Å². The van der Waals surface area contributed by atoms with Crippen LogP contribution in [0.4, 0.5) is 0 Å². The first-order valence-electron chi connectivity index (χ1n) is 10.6. The number of rotatable bonds is 11. The molecule has 0 aliphatic rings. The first kappa shape index (κ1) is 24.8. The maximum absolute atomic E-state index is 13.0. The minimum atomic E-state index is -1.26. The fraction of sp³-hybridized carbons (Fsp3) is 0.417. The van der Waals surface area contributed by atoms with Gasteiger partial charge in [0.25, 0.3) is 0 Å². The van der Waals surface area contributed by atoms with Crippen LogP contribution in [0.15, 0.2) is 18.2 Å². The normalized spacial score (nSPS) is 10.6. The summed E-state index contributed by atoms with van der Waals surface area (Å²) in [6.45, 7) is 3.94. The van der Waals surface area contributed by atoms with Crippen LogP contribution in [0.5, 0.6) is 28.7 Å². The molecule has 0 fully saturated rings. The number of carbonyl (C=O) groups is 2. The van der Waals surface area contributed by atoms with Crippen molar-refractivity contribution in [3.8, 4) is 28.7 Å². The molecule has 2 aromatic rings. The van der Waals surface area contributed by atoms with E-state index < -0.39 is 23.4 Å². The van der Waals surface area contributed by atoms with Crippen LogP contribution in [0.25, 0.3) is 0 Å². The zero-order valence-electron chi connectivity index (χ0n) is 18.9. The maximum atomic E-state index is 13.0. The molecule has 0 bridgehead atoms. The summed E-state index contributed by atoms with van der Waals surface area (Å²) in [5.74, 6) is -3.24. The summed E-state index contributed by atoms with van der Waals surface area (Å²) >= 11 is 0. The average Bonchev–Trinajstić information content (AvgIpc) is 2.74. The number of phenols is 2. The van der Waals surface area contributed by atoms with Gasteiger partial charge in [0, 0.05) is 6.07 Å². The van der Waals surface area contributed by atoms with Gasteiger partial charge in [-0.05, 0) is 42.5 Å². The molecule has 0 amide bonds. The number of hydrogen-bond donors (Lipinski definition) is 3. The van der Waals surface area contributed by atoms with E-state index in [2.05, 4.69) is 0 Å². The SMILES string of the molecule is CCCCCc1cc(O)c(OC(=O)c2c(O)cc(OC)cc2CCC)c(OC)c1C(=O)O. The smallest absolute Gasteiger partial charge is 0.347 e. The molecule has 8 heteroatoms. The fourth-order valence-corrected chi connectivity index (χ4v) is 3.59. The zero-order valence-corrected chi connectivity index (χ0v) is 18.9. The Bertz CT molecular complexity index is 981. The van der Waals surface area contributed by atoms with Crippen molar-refractivity contribution in [1.29, 1.82) is 0 Å². The Labute approximate surface area is 187 Å². The highest BCUT2D eigenvalue weighted by atomic mass is 16.6. The van der Waals surface area contributed by atoms with Crippen molar-refractivity contribution >= 4 is 11.9 Å². The Morgan fingerprint density at radius 3 is 2.06 bits per heavy atom. The second kappa shape index (κ2) is 11.3. The Balaban J connectivity index is 2.54. The van der Waals surface area contributed by atoms with Crippen LogP contribution in [0.1, 0.15) is 71.4 Å². The van der Waals surface area contributed by atoms with Crippen molar-refractivity contribution in [2.24, 2.45) is 0 Å². The van der Waals surface area contributed by atoms with E-state index in [0.29, 0.717) is 36.1 Å². The summed E-state index contributed by atoms with van der Waals surface area (Å²) in [6.07, 6.45) is 4.17. The largest absolute Gasteiger partial charge is 0.507 e. The molecule has 0 spiro atoms. The Kier molecular flexibility index (Phi) is 8.75. The van der Waals surface area contributed by atoms with E-state index in [1.807, 2.05) is 13.8 Å². The van der Waals surface area contributed by atoms with E-state index in [0.717, 1.165) is 19.3 Å². The molecule has 0 radical (unpaired) electrons. The molecular weight excluding hydrogens is 416 g/mol. The molecule has 0 aromatic heterocycles. The Hall–Kier alpha value is -3.42. The predicted octanol–water partition coefficient (Wildman–Crippen LogP) is 4.72. The van der Waals surface area contributed by atoms with E-state index >= 15 is 0 Å². The van der Waals surface area contributed by atoms with Crippen molar-refractivity contribution in [2.45, 2.75) is 52.4 Å². The molecule has 0 atom stereocenters. The second-order valence-electron chi connectivity index (χ2n) is 7.37. The number of methoxy groups -OCH3 is 2. The van der Waals surface area contributed by atoms with Gasteiger partial charge in [0.05, 0.1) is 14.2 Å². The molecule has 8 nitrogen and oxygen atoms in total. The molecule has 0 saturated carbocycles.